The first-order chi connectivity index (χ1) is 13.2. The second-order valence-corrected chi connectivity index (χ2v) is 7.27. The number of carbonyl (C=O) groups is 1. The van der Waals surface area contributed by atoms with E-state index < -0.39 is 0 Å². The third-order valence-electron chi connectivity index (χ3n) is 5.38. The number of aryl methyl sites for hydroxylation is 2. The van der Waals surface area contributed by atoms with Crippen molar-refractivity contribution < 1.29 is 4.79 Å². The first-order valence-corrected chi connectivity index (χ1v) is 9.81. The lowest BCUT2D eigenvalue weighted by Gasteiger charge is -2.06. The molecule has 27 heavy (non-hydrogen) atoms. The number of para-hydroxylation sites is 1. The van der Waals surface area contributed by atoms with Gasteiger partial charge in [-0.1, -0.05) is 80.4 Å². The average Bonchev–Trinajstić information content (AvgIpc) is 3.07. The Hall–Kier alpha value is -2.87. The Morgan fingerprint density at radius 1 is 0.852 bits per heavy atom. The minimum absolute atomic E-state index is 0.108. The minimum Gasteiger partial charge on any atom is -0.346 e. The van der Waals surface area contributed by atoms with Crippen molar-refractivity contribution in [2.24, 2.45) is 0 Å². The molecule has 0 fully saturated rings. The van der Waals surface area contributed by atoms with Gasteiger partial charge in [-0.05, 0) is 29.7 Å². The summed E-state index contributed by atoms with van der Waals surface area (Å²) in [6, 6.07) is 20.3. The lowest BCUT2D eigenvalue weighted by molar-refractivity contribution is 0.104. The Bertz CT molecular complexity index is 1110. The molecule has 2 nitrogen and oxygen atoms in total. The van der Waals surface area contributed by atoms with Crippen LogP contribution in [0.1, 0.15) is 47.7 Å². The molecule has 4 aromatic rings. The van der Waals surface area contributed by atoms with Crippen molar-refractivity contribution in [3.05, 3.63) is 83.6 Å². The molecule has 4 rings (SSSR count). The van der Waals surface area contributed by atoms with Crippen LogP contribution < -0.4 is 0 Å². The number of hydrogen-bond donors (Lipinski definition) is 0. The fourth-order valence-corrected chi connectivity index (χ4v) is 4.01. The molecule has 3 aromatic carbocycles. The molecule has 136 valence electrons. The quantitative estimate of drug-likeness (QED) is 0.285. The maximum atomic E-state index is 13.5. The van der Waals surface area contributed by atoms with Gasteiger partial charge >= 0.3 is 0 Å². The van der Waals surface area contributed by atoms with Crippen LogP contribution in [0, 0.1) is 6.92 Å². The number of rotatable bonds is 6. The lowest BCUT2D eigenvalue weighted by atomic mass is 9.96. The number of nitrogens with zero attached hydrogens (tertiary/aromatic N) is 1. The summed E-state index contributed by atoms with van der Waals surface area (Å²) in [4.78, 5) is 13.5. The zero-order valence-electron chi connectivity index (χ0n) is 16.0. The Morgan fingerprint density at radius 2 is 1.59 bits per heavy atom. The van der Waals surface area contributed by atoms with E-state index in [9.17, 15) is 4.79 Å². The van der Waals surface area contributed by atoms with Crippen LogP contribution in [0.5, 0.6) is 0 Å². The highest BCUT2D eigenvalue weighted by Crippen LogP contribution is 2.29. The molecule has 0 atom stereocenters. The monoisotopic (exact) mass is 355 g/mol. The zero-order chi connectivity index (χ0) is 18.8. The summed E-state index contributed by atoms with van der Waals surface area (Å²) >= 11 is 0. The van der Waals surface area contributed by atoms with E-state index in [1.807, 2.05) is 36.4 Å². The molecule has 0 saturated heterocycles. The van der Waals surface area contributed by atoms with Gasteiger partial charge in [0.25, 0.3) is 0 Å². The van der Waals surface area contributed by atoms with Crippen LogP contribution in [0.3, 0.4) is 0 Å². The number of carbonyl (C=O) groups excluding carboxylic acids is 1. The Kier molecular flexibility index (Phi) is 4.81. The van der Waals surface area contributed by atoms with Crippen LogP contribution in [-0.2, 0) is 6.54 Å². The molecule has 0 amide bonds. The summed E-state index contributed by atoms with van der Waals surface area (Å²) in [5.74, 6) is 0.108. The van der Waals surface area contributed by atoms with Crippen molar-refractivity contribution in [1.82, 2.24) is 4.57 Å². The maximum absolute atomic E-state index is 13.5. The van der Waals surface area contributed by atoms with Gasteiger partial charge in [-0.3, -0.25) is 4.79 Å². The molecule has 0 radical (unpaired) electrons. The molecule has 0 aliphatic carbocycles. The number of unbranched alkanes of at least 4 members (excludes halogenated alkanes) is 2. The van der Waals surface area contributed by atoms with E-state index >= 15 is 0 Å². The topological polar surface area (TPSA) is 22.0 Å². The molecule has 0 aliphatic heterocycles. The molecular weight excluding hydrogens is 330 g/mol. The fraction of sp³-hybridized carbons (Fsp3) is 0.240. The molecule has 0 spiro atoms. The summed E-state index contributed by atoms with van der Waals surface area (Å²) in [6.07, 6.45) is 5.60. The van der Waals surface area contributed by atoms with Crippen molar-refractivity contribution >= 4 is 27.5 Å². The molecule has 0 saturated carbocycles. The predicted octanol–water partition coefficient (Wildman–Crippen LogP) is 6.52. The van der Waals surface area contributed by atoms with Gasteiger partial charge in [0.2, 0.25) is 0 Å². The number of benzene rings is 3. The van der Waals surface area contributed by atoms with Crippen molar-refractivity contribution in [2.75, 3.05) is 0 Å². The molecule has 0 bridgehead atoms. The van der Waals surface area contributed by atoms with Gasteiger partial charge in [-0.15, -0.1) is 0 Å². The molecule has 0 aliphatic rings. The summed E-state index contributed by atoms with van der Waals surface area (Å²) in [5.41, 5.74) is 4.00. The van der Waals surface area contributed by atoms with E-state index in [0.29, 0.717) is 0 Å². The smallest absolute Gasteiger partial charge is 0.195 e. The van der Waals surface area contributed by atoms with E-state index in [1.54, 1.807) is 0 Å². The Morgan fingerprint density at radius 3 is 2.44 bits per heavy atom. The summed E-state index contributed by atoms with van der Waals surface area (Å²) in [5, 5.41) is 3.18. The third-order valence-corrected chi connectivity index (χ3v) is 5.38. The molecular formula is C25H25NO. The fourth-order valence-electron chi connectivity index (χ4n) is 4.01. The number of aromatic nitrogens is 1. The SMILES string of the molecule is CCCCCn1cc(C(=O)c2cccc3ccccc23)c2cccc(C)c21. The van der Waals surface area contributed by atoms with Gasteiger partial charge < -0.3 is 4.57 Å². The second kappa shape index (κ2) is 7.40. The third kappa shape index (κ3) is 3.16. The van der Waals surface area contributed by atoms with E-state index in [1.165, 1.54) is 23.9 Å². The first kappa shape index (κ1) is 17.5. The Balaban J connectivity index is 1.85. The van der Waals surface area contributed by atoms with E-state index in [2.05, 4.69) is 48.9 Å². The van der Waals surface area contributed by atoms with Gasteiger partial charge in [-0.2, -0.15) is 0 Å². The first-order valence-electron chi connectivity index (χ1n) is 9.81. The molecule has 0 unspecified atom stereocenters. The van der Waals surface area contributed by atoms with Gasteiger partial charge in [0.15, 0.2) is 5.78 Å². The van der Waals surface area contributed by atoms with Crippen LogP contribution in [-0.4, -0.2) is 10.4 Å². The van der Waals surface area contributed by atoms with Crippen molar-refractivity contribution in [3.8, 4) is 0 Å². The van der Waals surface area contributed by atoms with Gasteiger partial charge in [0.1, 0.15) is 0 Å². The standard InChI is InChI=1S/C25H25NO/c1-3-4-7-16-26-17-23(21-14-8-10-18(2)24(21)26)25(27)22-15-9-12-19-11-5-6-13-20(19)22/h5-6,8-15,17H,3-4,7,16H2,1-2H3. The summed E-state index contributed by atoms with van der Waals surface area (Å²) in [7, 11) is 0. The molecule has 1 heterocycles. The van der Waals surface area contributed by atoms with Crippen LogP contribution in [0.25, 0.3) is 21.7 Å². The number of fused-ring (bicyclic) bond motifs is 2. The number of ketones is 1. The number of hydrogen-bond acceptors (Lipinski definition) is 1. The van der Waals surface area contributed by atoms with Crippen LogP contribution >= 0.6 is 0 Å². The Labute approximate surface area is 160 Å². The van der Waals surface area contributed by atoms with Crippen LogP contribution in [0.15, 0.2) is 66.9 Å². The van der Waals surface area contributed by atoms with E-state index in [0.717, 1.165) is 40.3 Å². The highest BCUT2D eigenvalue weighted by atomic mass is 16.1. The van der Waals surface area contributed by atoms with Crippen molar-refractivity contribution in [3.63, 3.8) is 0 Å². The van der Waals surface area contributed by atoms with Gasteiger partial charge in [-0.25, -0.2) is 0 Å². The molecule has 2 heteroatoms. The largest absolute Gasteiger partial charge is 0.346 e. The maximum Gasteiger partial charge on any atom is 0.195 e. The summed E-state index contributed by atoms with van der Waals surface area (Å²) < 4.78 is 2.28. The van der Waals surface area contributed by atoms with E-state index in [-0.39, 0.29) is 5.78 Å². The average molecular weight is 355 g/mol. The van der Waals surface area contributed by atoms with Crippen molar-refractivity contribution in [2.45, 2.75) is 39.7 Å². The van der Waals surface area contributed by atoms with E-state index in [4.69, 9.17) is 0 Å². The van der Waals surface area contributed by atoms with Crippen molar-refractivity contribution in [1.29, 1.82) is 0 Å². The molecule has 0 N–H and O–H groups in total. The van der Waals surface area contributed by atoms with Gasteiger partial charge in [0, 0.05) is 29.3 Å². The lowest BCUT2D eigenvalue weighted by Crippen LogP contribution is -2.02. The van der Waals surface area contributed by atoms with Crippen LogP contribution in [0.4, 0.5) is 0 Å². The highest BCUT2D eigenvalue weighted by molar-refractivity contribution is 6.21. The zero-order valence-corrected chi connectivity index (χ0v) is 16.0. The van der Waals surface area contributed by atoms with Crippen LogP contribution in [0.2, 0.25) is 0 Å². The molecule has 1 aromatic heterocycles. The minimum atomic E-state index is 0.108. The normalized spacial score (nSPS) is 11.3. The highest BCUT2D eigenvalue weighted by Gasteiger charge is 2.19. The second-order valence-electron chi connectivity index (χ2n) is 7.27. The predicted molar refractivity (Wildman–Crippen MR) is 114 cm³/mol. The summed E-state index contributed by atoms with van der Waals surface area (Å²) in [6.45, 7) is 5.30. The van der Waals surface area contributed by atoms with Gasteiger partial charge in [0.05, 0.1) is 5.52 Å².